The Hall–Kier alpha value is -3.17. The van der Waals surface area contributed by atoms with Gasteiger partial charge in [-0.15, -0.1) is 5.10 Å². The summed E-state index contributed by atoms with van der Waals surface area (Å²) in [6.45, 7) is 6.33. The highest BCUT2D eigenvalue weighted by molar-refractivity contribution is 5.70. The first-order valence-electron chi connectivity index (χ1n) is 10.9. The highest BCUT2D eigenvalue weighted by atomic mass is 16.5. The van der Waals surface area contributed by atoms with E-state index in [0.717, 1.165) is 12.8 Å². The van der Waals surface area contributed by atoms with Crippen LogP contribution in [-0.2, 0) is 23.1 Å². The minimum atomic E-state index is -0.764. The summed E-state index contributed by atoms with van der Waals surface area (Å²) < 4.78 is 12.8. The van der Waals surface area contributed by atoms with Crippen LogP contribution >= 0.6 is 0 Å². The molecule has 2 N–H and O–H groups in total. The van der Waals surface area contributed by atoms with Gasteiger partial charge in [-0.1, -0.05) is 19.1 Å². The minimum absolute atomic E-state index is 0.135. The molecule has 1 amide bonds. The molecule has 0 radical (unpaired) electrons. The fourth-order valence-electron chi connectivity index (χ4n) is 3.68. The van der Waals surface area contributed by atoms with Crippen LogP contribution in [0.15, 0.2) is 12.1 Å². The second-order valence-corrected chi connectivity index (χ2v) is 8.58. The third-order valence-corrected chi connectivity index (χ3v) is 5.44. The van der Waals surface area contributed by atoms with Crippen molar-refractivity contribution in [3.05, 3.63) is 23.5 Å². The molecule has 32 heavy (non-hydrogen) atoms. The van der Waals surface area contributed by atoms with E-state index in [-0.39, 0.29) is 24.5 Å². The molecule has 1 saturated carbocycles. The van der Waals surface area contributed by atoms with Gasteiger partial charge in [0.25, 0.3) is 0 Å². The van der Waals surface area contributed by atoms with Crippen LogP contribution in [-0.4, -0.2) is 49.9 Å². The lowest BCUT2D eigenvalue weighted by Crippen LogP contribution is -2.29. The summed E-state index contributed by atoms with van der Waals surface area (Å²) in [6, 6.07) is 3.62. The lowest BCUT2D eigenvalue weighted by atomic mass is 9.87. The average Bonchev–Trinajstić information content (AvgIpc) is 3.12. The molecule has 10 nitrogen and oxygen atoms in total. The summed E-state index contributed by atoms with van der Waals surface area (Å²) in [5.74, 6) is -0.236. The number of pyridine rings is 1. The lowest BCUT2D eigenvalue weighted by Gasteiger charge is -2.27. The van der Waals surface area contributed by atoms with E-state index in [1.807, 2.05) is 26.8 Å². The van der Waals surface area contributed by atoms with Crippen molar-refractivity contribution < 1.29 is 24.2 Å². The van der Waals surface area contributed by atoms with Crippen molar-refractivity contribution in [2.24, 2.45) is 18.9 Å². The zero-order valence-electron chi connectivity index (χ0n) is 19.0. The molecule has 2 aromatic rings. The molecular formula is C22H31N5O5. The number of carboxylic acid groups (broad SMARTS) is 1. The van der Waals surface area contributed by atoms with E-state index in [2.05, 4.69) is 20.6 Å². The first kappa shape index (κ1) is 23.5. The first-order chi connectivity index (χ1) is 15.2. The highest BCUT2D eigenvalue weighted by Crippen LogP contribution is 2.30. The normalized spacial score (nSPS) is 18.4. The molecular weight excluding hydrogens is 414 g/mol. The number of aryl methyl sites for hydroxylation is 2. The molecule has 0 spiro atoms. The van der Waals surface area contributed by atoms with E-state index in [4.69, 9.17) is 9.47 Å². The second-order valence-electron chi connectivity index (χ2n) is 8.58. The fourth-order valence-corrected chi connectivity index (χ4v) is 3.68. The number of aromatic nitrogens is 4. The number of hydrogen-bond donors (Lipinski definition) is 2. The van der Waals surface area contributed by atoms with E-state index in [0.29, 0.717) is 48.0 Å². The van der Waals surface area contributed by atoms with Gasteiger partial charge in [0.15, 0.2) is 0 Å². The molecule has 1 aliphatic rings. The summed E-state index contributed by atoms with van der Waals surface area (Å²) in [4.78, 5) is 27.8. The first-order valence-corrected chi connectivity index (χ1v) is 10.9. The maximum atomic E-state index is 11.9. The van der Waals surface area contributed by atoms with Gasteiger partial charge in [0.05, 0.1) is 42.3 Å². The maximum Gasteiger partial charge on any atom is 0.407 e. The lowest BCUT2D eigenvalue weighted by molar-refractivity contribution is -0.143. The minimum Gasteiger partial charge on any atom is -0.489 e. The molecule has 2 atom stereocenters. The zero-order valence-corrected chi connectivity index (χ0v) is 19.0. The number of carbonyl (C=O) groups is 2. The van der Waals surface area contributed by atoms with Gasteiger partial charge in [-0.2, -0.15) is 0 Å². The number of rotatable bonds is 8. The average molecular weight is 446 g/mol. The highest BCUT2D eigenvalue weighted by Gasteiger charge is 2.28. The van der Waals surface area contributed by atoms with Gasteiger partial charge in [0.2, 0.25) is 0 Å². The van der Waals surface area contributed by atoms with Crippen LogP contribution in [0.3, 0.4) is 0 Å². The van der Waals surface area contributed by atoms with Crippen LogP contribution in [0.1, 0.15) is 50.9 Å². The number of alkyl carbamates (subject to hydrolysis) is 1. The Balaban J connectivity index is 1.68. The van der Waals surface area contributed by atoms with Gasteiger partial charge in [-0.3, -0.25) is 4.79 Å². The van der Waals surface area contributed by atoms with E-state index in [9.17, 15) is 14.7 Å². The molecule has 1 aliphatic carbocycles. The Morgan fingerprint density at radius 1 is 1.31 bits per heavy atom. The number of ether oxygens (including phenoxy) is 2. The molecule has 0 aliphatic heterocycles. The molecule has 3 rings (SSSR count). The second kappa shape index (κ2) is 10.4. The largest absolute Gasteiger partial charge is 0.489 e. The number of carboxylic acids is 1. The fraction of sp³-hybridized carbons (Fsp3) is 0.591. The van der Waals surface area contributed by atoms with E-state index < -0.39 is 12.1 Å². The Morgan fingerprint density at radius 3 is 2.78 bits per heavy atom. The molecule has 0 aromatic carbocycles. The summed E-state index contributed by atoms with van der Waals surface area (Å²) >= 11 is 0. The van der Waals surface area contributed by atoms with Crippen molar-refractivity contribution in [1.82, 2.24) is 25.3 Å². The third kappa shape index (κ3) is 5.95. The number of carbonyl (C=O) groups excluding carboxylic acids is 1. The van der Waals surface area contributed by atoms with Crippen LogP contribution in [0.25, 0.3) is 11.4 Å². The quantitative estimate of drug-likeness (QED) is 0.634. The predicted octanol–water partition coefficient (Wildman–Crippen LogP) is 3.09. The summed E-state index contributed by atoms with van der Waals surface area (Å²) in [5, 5.41) is 20.3. The van der Waals surface area contributed by atoms with Crippen molar-refractivity contribution >= 4 is 12.1 Å². The van der Waals surface area contributed by atoms with E-state index >= 15 is 0 Å². The van der Waals surface area contributed by atoms with Gasteiger partial charge >= 0.3 is 12.1 Å². The van der Waals surface area contributed by atoms with Crippen LogP contribution in [0.5, 0.6) is 5.75 Å². The Kier molecular flexibility index (Phi) is 7.66. The van der Waals surface area contributed by atoms with Gasteiger partial charge in [-0.25, -0.2) is 14.5 Å². The van der Waals surface area contributed by atoms with Crippen molar-refractivity contribution in [2.45, 2.75) is 59.1 Å². The smallest absolute Gasteiger partial charge is 0.407 e. The Bertz CT molecular complexity index is 958. The topological polar surface area (TPSA) is 128 Å². The van der Waals surface area contributed by atoms with Crippen molar-refractivity contribution in [1.29, 1.82) is 0 Å². The maximum absolute atomic E-state index is 11.9. The molecule has 10 heteroatoms. The van der Waals surface area contributed by atoms with Crippen molar-refractivity contribution in [3.8, 4) is 17.1 Å². The molecule has 2 heterocycles. The molecule has 0 saturated heterocycles. The Morgan fingerprint density at radius 2 is 2.09 bits per heavy atom. The van der Waals surface area contributed by atoms with Crippen LogP contribution in [0, 0.1) is 18.8 Å². The molecule has 0 bridgehead atoms. The number of amides is 1. The van der Waals surface area contributed by atoms with Crippen LogP contribution < -0.4 is 10.1 Å². The van der Waals surface area contributed by atoms with E-state index in [1.165, 1.54) is 0 Å². The van der Waals surface area contributed by atoms with Crippen LogP contribution in [0.4, 0.5) is 4.79 Å². The van der Waals surface area contributed by atoms with Crippen LogP contribution in [0.2, 0.25) is 0 Å². The van der Waals surface area contributed by atoms with Gasteiger partial charge in [0, 0.05) is 7.05 Å². The Labute approximate surface area is 187 Å². The predicted molar refractivity (Wildman–Crippen MR) is 116 cm³/mol. The zero-order chi connectivity index (χ0) is 23.3. The van der Waals surface area contributed by atoms with Gasteiger partial charge in [0.1, 0.15) is 11.4 Å². The van der Waals surface area contributed by atoms with Gasteiger partial charge in [-0.05, 0) is 50.7 Å². The molecule has 0 unspecified atom stereocenters. The van der Waals surface area contributed by atoms with Crippen molar-refractivity contribution in [2.75, 3.05) is 6.61 Å². The number of hydrogen-bond acceptors (Lipinski definition) is 7. The standard InChI is InChI=1S/C22H31N5O5/c1-13(2)12-31-22(30)23-11-18-20(25-26-27(18)4)17-8-9-19(14(3)24-17)32-16-7-5-6-15(10-16)21(28)29/h8-9,13,15-16H,5-7,10-12H2,1-4H3,(H,23,30)(H,28,29)/t15-,16-/m0/s1. The molecule has 174 valence electrons. The monoisotopic (exact) mass is 445 g/mol. The summed E-state index contributed by atoms with van der Waals surface area (Å²) in [7, 11) is 1.75. The molecule has 1 fully saturated rings. The van der Waals surface area contributed by atoms with Crippen molar-refractivity contribution in [3.63, 3.8) is 0 Å². The van der Waals surface area contributed by atoms with Gasteiger partial charge < -0.3 is 19.9 Å². The summed E-state index contributed by atoms with van der Waals surface area (Å²) in [5.41, 5.74) is 2.56. The van der Waals surface area contributed by atoms with E-state index in [1.54, 1.807) is 17.8 Å². The third-order valence-electron chi connectivity index (χ3n) is 5.44. The SMILES string of the molecule is Cc1nc(-c2nnn(C)c2CNC(=O)OCC(C)C)ccc1O[C@H]1CCC[C@H](C(=O)O)C1. The number of nitrogens with zero attached hydrogens (tertiary/aromatic N) is 4. The number of nitrogens with one attached hydrogen (secondary N) is 1. The summed E-state index contributed by atoms with van der Waals surface area (Å²) in [6.07, 6.45) is 2.23. The molecule has 2 aromatic heterocycles. The number of aliphatic carboxylic acids is 1.